The number of carboxylic acid groups (broad SMARTS) is 1. The van der Waals surface area contributed by atoms with Crippen LogP contribution in [0.4, 0.5) is 0 Å². The highest BCUT2D eigenvalue weighted by atomic mass is 32.1. The molecule has 2 rings (SSSR count). The van der Waals surface area contributed by atoms with Crippen molar-refractivity contribution in [3.8, 4) is 0 Å². The van der Waals surface area contributed by atoms with Gasteiger partial charge < -0.3 is 15.7 Å². The Morgan fingerprint density at radius 1 is 1.08 bits per heavy atom. The van der Waals surface area contributed by atoms with E-state index in [1.165, 1.54) is 11.3 Å². The third kappa shape index (κ3) is 6.39. The molecule has 132 valence electrons. The van der Waals surface area contributed by atoms with E-state index in [1.54, 1.807) is 11.4 Å². The molecule has 1 atom stereocenters. The first-order valence-corrected chi connectivity index (χ1v) is 8.87. The monoisotopic (exact) mass is 360 g/mol. The Morgan fingerprint density at radius 3 is 2.48 bits per heavy atom. The van der Waals surface area contributed by atoms with Crippen LogP contribution < -0.4 is 10.6 Å². The van der Waals surface area contributed by atoms with Gasteiger partial charge in [0.1, 0.15) is 0 Å². The molecule has 0 saturated carbocycles. The van der Waals surface area contributed by atoms with Gasteiger partial charge in [0.2, 0.25) is 5.91 Å². The summed E-state index contributed by atoms with van der Waals surface area (Å²) in [4.78, 5) is 34.8. The summed E-state index contributed by atoms with van der Waals surface area (Å²) in [6.45, 7) is 0.223. The van der Waals surface area contributed by atoms with Gasteiger partial charge in [-0.1, -0.05) is 30.3 Å². The molecular formula is C18H20N2O4S. The average molecular weight is 360 g/mol. The molecule has 2 amide bonds. The second-order valence-corrected chi connectivity index (χ2v) is 6.26. The number of benzene rings is 1. The third-order valence-corrected chi connectivity index (χ3v) is 4.29. The molecule has 3 N–H and O–H groups in total. The number of rotatable bonds is 9. The smallest absolute Gasteiger partial charge is 0.303 e. The highest BCUT2D eigenvalue weighted by molar-refractivity contribution is 7.08. The van der Waals surface area contributed by atoms with Gasteiger partial charge in [0.05, 0.1) is 6.04 Å². The van der Waals surface area contributed by atoms with Crippen molar-refractivity contribution >= 4 is 29.1 Å². The highest BCUT2D eigenvalue weighted by Gasteiger charge is 2.16. The Bertz CT molecular complexity index is 701. The molecule has 0 saturated heterocycles. The minimum absolute atomic E-state index is 0.0330. The molecule has 1 heterocycles. The molecule has 0 radical (unpaired) electrons. The van der Waals surface area contributed by atoms with E-state index in [0.29, 0.717) is 12.0 Å². The molecule has 0 aliphatic rings. The fourth-order valence-electron chi connectivity index (χ4n) is 2.33. The Balaban J connectivity index is 1.84. The lowest BCUT2D eigenvalue weighted by molar-refractivity contribution is -0.137. The molecule has 1 aromatic heterocycles. The summed E-state index contributed by atoms with van der Waals surface area (Å²) in [5.41, 5.74) is 1.44. The molecule has 25 heavy (non-hydrogen) atoms. The van der Waals surface area contributed by atoms with Crippen LogP contribution in [0.3, 0.4) is 0 Å². The van der Waals surface area contributed by atoms with Crippen LogP contribution in [0.25, 0.3) is 0 Å². The largest absolute Gasteiger partial charge is 0.481 e. The maximum absolute atomic E-state index is 12.1. The van der Waals surface area contributed by atoms with Crippen LogP contribution >= 0.6 is 11.3 Å². The predicted molar refractivity (Wildman–Crippen MR) is 95.5 cm³/mol. The second-order valence-electron chi connectivity index (χ2n) is 5.48. The van der Waals surface area contributed by atoms with Crippen molar-refractivity contribution in [3.63, 3.8) is 0 Å². The van der Waals surface area contributed by atoms with Crippen molar-refractivity contribution < 1.29 is 19.5 Å². The number of carbonyl (C=O) groups excluding carboxylic acids is 2. The minimum atomic E-state index is -0.904. The summed E-state index contributed by atoms with van der Waals surface area (Å²) in [6, 6.07) is 10.6. The number of amides is 2. The van der Waals surface area contributed by atoms with E-state index in [2.05, 4.69) is 10.6 Å². The van der Waals surface area contributed by atoms with Gasteiger partial charge >= 0.3 is 5.97 Å². The average Bonchev–Trinajstić information content (AvgIpc) is 3.14. The van der Waals surface area contributed by atoms with E-state index in [4.69, 9.17) is 5.11 Å². The third-order valence-electron chi connectivity index (χ3n) is 3.61. The first-order chi connectivity index (χ1) is 12.1. The predicted octanol–water partition coefficient (Wildman–Crippen LogP) is 2.59. The number of nitrogens with one attached hydrogen (secondary N) is 2. The molecule has 0 fully saturated rings. The Morgan fingerprint density at radius 2 is 1.84 bits per heavy atom. The molecule has 0 aliphatic heterocycles. The van der Waals surface area contributed by atoms with Gasteiger partial charge in [-0.15, -0.1) is 0 Å². The summed E-state index contributed by atoms with van der Waals surface area (Å²) < 4.78 is 0. The summed E-state index contributed by atoms with van der Waals surface area (Å²) in [7, 11) is 0. The van der Waals surface area contributed by atoms with Crippen LogP contribution in [-0.4, -0.2) is 29.4 Å². The molecule has 0 aliphatic carbocycles. The Labute approximate surface area is 149 Å². The standard InChI is InChI=1S/C18H20N2O4S/c21-16(8-10-19-18(24)14-9-11-25-12-14)20-15(6-7-17(22)23)13-4-2-1-3-5-13/h1-5,9,11-12,15H,6-8,10H2,(H,19,24)(H,20,21)(H,22,23). The fourth-order valence-corrected chi connectivity index (χ4v) is 2.96. The van der Waals surface area contributed by atoms with Gasteiger partial charge in [-0.05, 0) is 23.4 Å². The van der Waals surface area contributed by atoms with Crippen molar-refractivity contribution in [2.24, 2.45) is 0 Å². The number of hydrogen-bond donors (Lipinski definition) is 3. The summed E-state index contributed by atoms with van der Waals surface area (Å²) in [6.07, 6.45) is 0.410. The number of hydrogen-bond acceptors (Lipinski definition) is 4. The van der Waals surface area contributed by atoms with Crippen LogP contribution in [0.1, 0.15) is 41.2 Å². The number of carboxylic acids is 1. The van der Waals surface area contributed by atoms with Gasteiger partial charge in [-0.3, -0.25) is 14.4 Å². The molecule has 0 bridgehead atoms. The zero-order valence-electron chi connectivity index (χ0n) is 13.6. The molecule has 7 heteroatoms. The van der Waals surface area contributed by atoms with E-state index in [0.717, 1.165) is 5.56 Å². The first-order valence-electron chi connectivity index (χ1n) is 7.93. The summed E-state index contributed by atoms with van der Waals surface area (Å²) in [5, 5.41) is 18.0. The summed E-state index contributed by atoms with van der Waals surface area (Å²) in [5.74, 6) is -1.34. The molecule has 1 unspecified atom stereocenters. The van der Waals surface area contributed by atoms with Crippen molar-refractivity contribution in [1.82, 2.24) is 10.6 Å². The normalized spacial score (nSPS) is 11.5. The Kier molecular flexibility index (Phi) is 7.16. The molecule has 0 spiro atoms. The SMILES string of the molecule is O=C(O)CCC(NC(=O)CCNC(=O)c1ccsc1)c1ccccc1. The van der Waals surface area contributed by atoms with Gasteiger partial charge in [-0.2, -0.15) is 11.3 Å². The highest BCUT2D eigenvalue weighted by Crippen LogP contribution is 2.18. The van der Waals surface area contributed by atoms with Gasteiger partial charge in [0, 0.05) is 30.3 Å². The van der Waals surface area contributed by atoms with Crippen LogP contribution in [0.2, 0.25) is 0 Å². The van der Waals surface area contributed by atoms with Crippen molar-refractivity contribution in [2.75, 3.05) is 6.54 Å². The fraction of sp³-hybridized carbons (Fsp3) is 0.278. The van der Waals surface area contributed by atoms with E-state index in [1.807, 2.05) is 35.7 Å². The Hall–Kier alpha value is -2.67. The molecule has 6 nitrogen and oxygen atoms in total. The molecule has 1 aromatic carbocycles. The zero-order valence-corrected chi connectivity index (χ0v) is 14.4. The van der Waals surface area contributed by atoms with Gasteiger partial charge in [0.25, 0.3) is 5.91 Å². The number of thiophene rings is 1. The first kappa shape index (κ1) is 18.7. The van der Waals surface area contributed by atoms with Crippen LogP contribution in [-0.2, 0) is 9.59 Å². The topological polar surface area (TPSA) is 95.5 Å². The minimum Gasteiger partial charge on any atom is -0.481 e. The van der Waals surface area contributed by atoms with Gasteiger partial charge in [-0.25, -0.2) is 0 Å². The molecule has 2 aromatic rings. The van der Waals surface area contributed by atoms with E-state index in [9.17, 15) is 14.4 Å². The summed E-state index contributed by atoms with van der Waals surface area (Å²) >= 11 is 1.43. The van der Waals surface area contributed by atoms with Crippen molar-refractivity contribution in [1.29, 1.82) is 0 Å². The lowest BCUT2D eigenvalue weighted by Gasteiger charge is -2.18. The van der Waals surface area contributed by atoms with Crippen molar-refractivity contribution in [3.05, 3.63) is 58.3 Å². The van der Waals surface area contributed by atoms with Crippen LogP contribution in [0.5, 0.6) is 0 Å². The van der Waals surface area contributed by atoms with E-state index in [-0.39, 0.29) is 37.2 Å². The van der Waals surface area contributed by atoms with E-state index < -0.39 is 5.97 Å². The van der Waals surface area contributed by atoms with Crippen LogP contribution in [0, 0.1) is 0 Å². The second kappa shape index (κ2) is 9.58. The number of carbonyl (C=O) groups is 3. The lowest BCUT2D eigenvalue weighted by atomic mass is 10.0. The van der Waals surface area contributed by atoms with Gasteiger partial charge in [0.15, 0.2) is 0 Å². The van der Waals surface area contributed by atoms with E-state index >= 15 is 0 Å². The quantitative estimate of drug-likeness (QED) is 0.640. The lowest BCUT2D eigenvalue weighted by Crippen LogP contribution is -2.33. The van der Waals surface area contributed by atoms with Crippen LogP contribution in [0.15, 0.2) is 47.2 Å². The maximum atomic E-state index is 12.1. The van der Waals surface area contributed by atoms with Crippen molar-refractivity contribution in [2.45, 2.75) is 25.3 Å². The molecular weight excluding hydrogens is 340 g/mol. The number of aliphatic carboxylic acids is 1. The zero-order chi connectivity index (χ0) is 18.1. The maximum Gasteiger partial charge on any atom is 0.303 e.